The summed E-state index contributed by atoms with van der Waals surface area (Å²) in [5.41, 5.74) is 2.43. The predicted octanol–water partition coefficient (Wildman–Crippen LogP) is 4.25. The van der Waals surface area contributed by atoms with E-state index in [2.05, 4.69) is 88.3 Å². The molecule has 0 amide bonds. The third-order valence-corrected chi connectivity index (χ3v) is 4.27. The first-order valence-electron chi connectivity index (χ1n) is 4.81. The van der Waals surface area contributed by atoms with Crippen molar-refractivity contribution < 1.29 is 0 Å². The molecule has 0 atom stereocenters. The van der Waals surface area contributed by atoms with Crippen molar-refractivity contribution in [1.29, 1.82) is 0 Å². The summed E-state index contributed by atoms with van der Waals surface area (Å²) in [7, 11) is 0. The quantitative estimate of drug-likeness (QED) is 0.534. The largest absolute Gasteiger partial charge is 0.452 e. The topological polar surface area (TPSA) is 4.93 Å². The molecule has 0 fully saturated rings. The fourth-order valence-corrected chi connectivity index (χ4v) is 3.12. The average molecular weight is 351 g/mol. The highest BCUT2D eigenvalue weighted by molar-refractivity contribution is 9.10. The van der Waals surface area contributed by atoms with Gasteiger partial charge in [-0.25, -0.2) is 0 Å². The molecule has 0 spiro atoms. The summed E-state index contributed by atoms with van der Waals surface area (Å²) in [4.78, 5) is 0. The zero-order chi connectivity index (χ0) is 11.3. The van der Waals surface area contributed by atoms with Gasteiger partial charge in [0, 0.05) is 30.8 Å². The summed E-state index contributed by atoms with van der Waals surface area (Å²) in [5.74, 6) is 0. The minimum absolute atomic E-state index is 1.10. The maximum absolute atomic E-state index is 3.51. The molecule has 76 valence electrons. The molecule has 0 bridgehead atoms. The standard InChI is InChI=1S/C12H6Br2N.Al/c13-7-1-3-9-10-4-2-8(14)6-12(10)15-11(9)5-7;/h1-6H;/q-1;+1. The molecule has 0 saturated heterocycles. The highest BCUT2D eigenvalue weighted by atomic mass is 79.9. The van der Waals surface area contributed by atoms with E-state index >= 15 is 0 Å². The Morgan fingerprint density at radius 3 is 1.69 bits per heavy atom. The number of benzene rings is 2. The Morgan fingerprint density at radius 1 is 0.812 bits per heavy atom. The zero-order valence-corrected chi connectivity index (χ0v) is 12.6. The van der Waals surface area contributed by atoms with Crippen molar-refractivity contribution in [1.82, 2.24) is 3.55 Å². The number of nitrogens with zero attached hydrogens (tertiary/aromatic N) is 1. The lowest BCUT2D eigenvalue weighted by Gasteiger charge is -2.00. The number of aromatic nitrogens is 1. The monoisotopic (exact) mass is 349 g/mol. The first-order valence-corrected chi connectivity index (χ1v) is 6.91. The fraction of sp³-hybridized carbons (Fsp3) is 0. The molecule has 3 rings (SSSR count). The zero-order valence-electron chi connectivity index (χ0n) is 8.24. The maximum Gasteiger partial charge on any atom is 0.318 e. The van der Waals surface area contributed by atoms with E-state index in [1.165, 1.54) is 21.8 Å². The molecule has 3 aromatic rings. The van der Waals surface area contributed by atoms with E-state index in [9.17, 15) is 0 Å². The van der Waals surface area contributed by atoms with Gasteiger partial charge in [-0.1, -0.05) is 44.0 Å². The van der Waals surface area contributed by atoms with Crippen molar-refractivity contribution in [3.05, 3.63) is 45.3 Å². The number of fused-ring (bicyclic) bond motifs is 3. The Kier molecular flexibility index (Phi) is 2.64. The minimum atomic E-state index is 1.10. The van der Waals surface area contributed by atoms with Crippen LogP contribution in [0.1, 0.15) is 0 Å². The third kappa shape index (κ3) is 1.56. The lowest BCUT2D eigenvalue weighted by atomic mass is 10.2. The van der Waals surface area contributed by atoms with Crippen molar-refractivity contribution >= 4 is 70.2 Å². The molecule has 1 nitrogen and oxygen atoms in total. The van der Waals surface area contributed by atoms with Crippen LogP contribution >= 0.6 is 31.9 Å². The van der Waals surface area contributed by atoms with Gasteiger partial charge in [0.15, 0.2) is 0 Å². The second kappa shape index (κ2) is 3.89. The molecule has 0 saturated carbocycles. The number of hydrogen-bond acceptors (Lipinski definition) is 0. The van der Waals surface area contributed by atoms with Gasteiger partial charge in [-0.2, -0.15) is 0 Å². The van der Waals surface area contributed by atoms with Crippen molar-refractivity contribution in [3.63, 3.8) is 0 Å². The van der Waals surface area contributed by atoms with E-state index in [4.69, 9.17) is 0 Å². The Morgan fingerprint density at radius 2 is 1.25 bits per heavy atom. The van der Waals surface area contributed by atoms with E-state index in [-0.39, 0.29) is 0 Å². The van der Waals surface area contributed by atoms with Gasteiger partial charge < -0.3 is 3.55 Å². The van der Waals surface area contributed by atoms with Gasteiger partial charge in [0.2, 0.25) is 0 Å². The maximum atomic E-state index is 3.51. The lowest BCUT2D eigenvalue weighted by Crippen LogP contribution is -1.89. The minimum Gasteiger partial charge on any atom is -0.452 e. The highest BCUT2D eigenvalue weighted by Crippen LogP contribution is 2.31. The SMILES string of the molecule is [Al][n]1c2cc(Br)ccc2c2ccc(Br)cc21. The molecule has 16 heavy (non-hydrogen) atoms. The van der Waals surface area contributed by atoms with Gasteiger partial charge in [-0.3, -0.25) is 0 Å². The van der Waals surface area contributed by atoms with Crippen LogP contribution < -0.4 is 0 Å². The van der Waals surface area contributed by atoms with Gasteiger partial charge in [-0.05, 0) is 24.3 Å². The summed E-state index contributed by atoms with van der Waals surface area (Å²) < 4.78 is 4.34. The van der Waals surface area contributed by atoms with Crippen molar-refractivity contribution in [2.45, 2.75) is 0 Å². The van der Waals surface area contributed by atoms with Gasteiger partial charge in [-0.15, -0.1) is 0 Å². The Hall–Kier alpha value is -0.268. The molecular weight excluding hydrogens is 345 g/mol. The van der Waals surface area contributed by atoms with Crippen LogP contribution in [0.5, 0.6) is 0 Å². The van der Waals surface area contributed by atoms with Crippen LogP contribution in [0.2, 0.25) is 0 Å². The van der Waals surface area contributed by atoms with Crippen LogP contribution in [0.4, 0.5) is 0 Å². The van der Waals surface area contributed by atoms with E-state index in [1.807, 2.05) is 0 Å². The normalized spacial score (nSPS) is 11.4. The smallest absolute Gasteiger partial charge is 0.318 e. The second-order valence-corrected chi connectivity index (χ2v) is 6.04. The molecule has 2 radical (unpaired) electrons. The first kappa shape index (κ1) is 10.9. The molecule has 0 aliphatic rings. The molecule has 0 N–H and O–H groups in total. The van der Waals surface area contributed by atoms with Crippen molar-refractivity contribution in [2.75, 3.05) is 0 Å². The lowest BCUT2D eigenvalue weighted by molar-refractivity contribution is 1.39. The number of rotatable bonds is 0. The van der Waals surface area contributed by atoms with Crippen LogP contribution in [-0.2, 0) is 0 Å². The molecule has 4 heteroatoms. The molecule has 1 aromatic heterocycles. The van der Waals surface area contributed by atoms with E-state index in [0.29, 0.717) is 0 Å². The Bertz CT molecular complexity index is 644. The molecular formula is C12H6AlBr2N. The van der Waals surface area contributed by atoms with Gasteiger partial charge in [0.05, 0.1) is 0 Å². The van der Waals surface area contributed by atoms with E-state index < -0.39 is 0 Å². The van der Waals surface area contributed by atoms with Gasteiger partial charge in [0.1, 0.15) is 0 Å². The number of halogens is 2. The fourth-order valence-electron chi connectivity index (χ4n) is 1.99. The molecule has 2 aromatic carbocycles. The van der Waals surface area contributed by atoms with Crippen LogP contribution in [0.3, 0.4) is 0 Å². The van der Waals surface area contributed by atoms with Crippen LogP contribution in [0.25, 0.3) is 21.8 Å². The van der Waals surface area contributed by atoms with E-state index in [1.54, 1.807) is 0 Å². The van der Waals surface area contributed by atoms with Crippen molar-refractivity contribution in [3.8, 4) is 0 Å². The van der Waals surface area contributed by atoms with Gasteiger partial charge in [0.25, 0.3) is 0 Å². The average Bonchev–Trinajstić information content (AvgIpc) is 2.53. The summed E-state index contributed by atoms with van der Waals surface area (Å²) >= 11 is 9.78. The molecule has 0 aliphatic heterocycles. The van der Waals surface area contributed by atoms with Crippen LogP contribution in [0.15, 0.2) is 45.3 Å². The second-order valence-electron chi connectivity index (χ2n) is 3.69. The third-order valence-electron chi connectivity index (χ3n) is 2.73. The predicted molar refractivity (Wildman–Crippen MR) is 76.0 cm³/mol. The summed E-state index contributed by atoms with van der Waals surface area (Å²) in [6.45, 7) is 0. The highest BCUT2D eigenvalue weighted by Gasteiger charge is 2.07. The van der Waals surface area contributed by atoms with Crippen LogP contribution in [0, 0.1) is 0 Å². The Balaban J connectivity index is 2.59. The molecule has 1 heterocycles. The van der Waals surface area contributed by atoms with Crippen LogP contribution in [-0.4, -0.2) is 20.1 Å². The van der Waals surface area contributed by atoms with Crippen molar-refractivity contribution in [2.24, 2.45) is 0 Å². The number of hydrogen-bond donors (Lipinski definition) is 0. The summed E-state index contributed by atoms with van der Waals surface area (Å²) in [6.07, 6.45) is 0. The van der Waals surface area contributed by atoms with Gasteiger partial charge >= 0.3 is 16.5 Å². The first-order chi connectivity index (χ1) is 7.66. The molecule has 0 aliphatic carbocycles. The molecule has 0 unspecified atom stereocenters. The summed E-state index contributed by atoms with van der Waals surface area (Å²) in [5, 5.41) is 2.56. The van der Waals surface area contributed by atoms with E-state index in [0.717, 1.165) is 8.95 Å². The summed E-state index contributed by atoms with van der Waals surface area (Å²) in [6, 6.07) is 12.7. The Labute approximate surface area is 118 Å².